The number of ether oxygens (including phenoxy) is 1. The molecule has 0 atom stereocenters. The van der Waals surface area contributed by atoms with E-state index in [2.05, 4.69) is 10.8 Å². The number of carbonyl (C=O) groups excluding carboxylic acids is 1. The fourth-order valence-electron chi connectivity index (χ4n) is 2.23. The molecule has 0 N–H and O–H groups in total. The molecule has 0 unspecified atom stereocenters. The SMILES string of the molecule is C#CCN1CCN(C(=O)c2ccccc2OC)CC1. The Labute approximate surface area is 114 Å². The largest absolute Gasteiger partial charge is 0.496 e. The Kier molecular flexibility index (Phi) is 4.43. The summed E-state index contributed by atoms with van der Waals surface area (Å²) in [6, 6.07) is 7.32. The number of amides is 1. The summed E-state index contributed by atoms with van der Waals surface area (Å²) >= 11 is 0. The predicted molar refractivity (Wildman–Crippen MR) is 74.2 cm³/mol. The van der Waals surface area contributed by atoms with Crippen LogP contribution in [0.25, 0.3) is 0 Å². The Bertz CT molecular complexity index is 485. The van der Waals surface area contributed by atoms with Crippen molar-refractivity contribution in [1.82, 2.24) is 9.80 Å². The Balaban J connectivity index is 2.03. The second kappa shape index (κ2) is 6.26. The second-order valence-corrected chi connectivity index (χ2v) is 4.47. The smallest absolute Gasteiger partial charge is 0.257 e. The zero-order valence-corrected chi connectivity index (χ0v) is 11.1. The van der Waals surface area contributed by atoms with Gasteiger partial charge in [-0.05, 0) is 12.1 Å². The third-order valence-corrected chi connectivity index (χ3v) is 3.31. The van der Waals surface area contributed by atoms with Gasteiger partial charge in [0.25, 0.3) is 5.91 Å². The van der Waals surface area contributed by atoms with Gasteiger partial charge in [0.15, 0.2) is 0 Å². The average Bonchev–Trinajstić information content (AvgIpc) is 2.47. The number of nitrogens with zero attached hydrogens (tertiary/aromatic N) is 2. The first-order chi connectivity index (χ1) is 9.26. The van der Waals surface area contributed by atoms with Crippen molar-refractivity contribution in [3.05, 3.63) is 29.8 Å². The highest BCUT2D eigenvalue weighted by Gasteiger charge is 2.23. The maximum atomic E-state index is 12.4. The van der Waals surface area contributed by atoms with Crippen LogP contribution in [-0.4, -0.2) is 55.5 Å². The van der Waals surface area contributed by atoms with Gasteiger partial charge in [-0.1, -0.05) is 18.1 Å². The summed E-state index contributed by atoms with van der Waals surface area (Å²) in [7, 11) is 1.58. The van der Waals surface area contributed by atoms with Gasteiger partial charge in [0, 0.05) is 26.2 Å². The summed E-state index contributed by atoms with van der Waals surface area (Å²) < 4.78 is 5.23. The van der Waals surface area contributed by atoms with Gasteiger partial charge in [-0.3, -0.25) is 9.69 Å². The van der Waals surface area contributed by atoms with Gasteiger partial charge in [0.2, 0.25) is 0 Å². The van der Waals surface area contributed by atoms with Crippen LogP contribution in [0.1, 0.15) is 10.4 Å². The molecule has 1 amide bonds. The number of benzene rings is 1. The highest BCUT2D eigenvalue weighted by Crippen LogP contribution is 2.19. The number of terminal acetylenes is 1. The first kappa shape index (κ1) is 13.4. The van der Waals surface area contributed by atoms with Crippen LogP contribution in [0.3, 0.4) is 0 Å². The van der Waals surface area contributed by atoms with E-state index >= 15 is 0 Å². The molecule has 0 saturated carbocycles. The number of hydrogen-bond acceptors (Lipinski definition) is 3. The number of rotatable bonds is 3. The van der Waals surface area contributed by atoms with Crippen LogP contribution in [-0.2, 0) is 0 Å². The molecule has 0 radical (unpaired) electrons. The monoisotopic (exact) mass is 258 g/mol. The fourth-order valence-corrected chi connectivity index (χ4v) is 2.23. The van der Waals surface area contributed by atoms with E-state index in [1.54, 1.807) is 13.2 Å². The van der Waals surface area contributed by atoms with E-state index in [1.165, 1.54) is 0 Å². The maximum absolute atomic E-state index is 12.4. The van der Waals surface area contributed by atoms with Crippen LogP contribution >= 0.6 is 0 Å². The van der Waals surface area contributed by atoms with Crippen molar-refractivity contribution in [1.29, 1.82) is 0 Å². The molecule has 1 saturated heterocycles. The van der Waals surface area contributed by atoms with Crippen molar-refractivity contribution in [2.24, 2.45) is 0 Å². The van der Waals surface area contributed by atoms with Crippen molar-refractivity contribution < 1.29 is 9.53 Å². The van der Waals surface area contributed by atoms with Gasteiger partial charge in [0.1, 0.15) is 5.75 Å². The number of carbonyl (C=O) groups is 1. The quantitative estimate of drug-likeness (QED) is 0.761. The molecule has 4 heteroatoms. The number of methoxy groups -OCH3 is 1. The summed E-state index contributed by atoms with van der Waals surface area (Å²) in [5.41, 5.74) is 0.621. The van der Waals surface area contributed by atoms with Gasteiger partial charge in [0.05, 0.1) is 19.2 Å². The Morgan fingerprint density at radius 1 is 1.32 bits per heavy atom. The molecule has 0 aliphatic carbocycles. The highest BCUT2D eigenvalue weighted by molar-refractivity contribution is 5.97. The van der Waals surface area contributed by atoms with Gasteiger partial charge < -0.3 is 9.64 Å². The molecule has 4 nitrogen and oxygen atoms in total. The molecule has 2 rings (SSSR count). The molecule has 0 bridgehead atoms. The van der Waals surface area contributed by atoms with E-state index in [4.69, 9.17) is 11.2 Å². The van der Waals surface area contributed by atoms with Crippen LogP contribution in [0.15, 0.2) is 24.3 Å². The van der Waals surface area contributed by atoms with E-state index in [9.17, 15) is 4.79 Å². The van der Waals surface area contributed by atoms with E-state index in [-0.39, 0.29) is 5.91 Å². The second-order valence-electron chi connectivity index (χ2n) is 4.47. The molecule has 1 fully saturated rings. The first-order valence-electron chi connectivity index (χ1n) is 6.34. The number of piperazine rings is 1. The van der Waals surface area contributed by atoms with E-state index in [0.717, 1.165) is 13.1 Å². The Hall–Kier alpha value is -1.99. The van der Waals surface area contributed by atoms with Crippen LogP contribution in [0.5, 0.6) is 5.75 Å². The van der Waals surface area contributed by atoms with Crippen LogP contribution < -0.4 is 4.74 Å². The minimum Gasteiger partial charge on any atom is -0.496 e. The van der Waals surface area contributed by atoms with Crippen molar-refractivity contribution >= 4 is 5.91 Å². The zero-order valence-electron chi connectivity index (χ0n) is 11.1. The average molecular weight is 258 g/mol. The van der Waals surface area contributed by atoms with E-state index in [1.807, 2.05) is 23.1 Å². The number of hydrogen-bond donors (Lipinski definition) is 0. The molecular weight excluding hydrogens is 240 g/mol. The topological polar surface area (TPSA) is 32.8 Å². The van der Waals surface area contributed by atoms with Crippen LogP contribution in [0.4, 0.5) is 0 Å². The molecular formula is C15H18N2O2. The lowest BCUT2D eigenvalue weighted by molar-refractivity contribution is 0.0649. The normalized spacial score (nSPS) is 15.9. The third-order valence-electron chi connectivity index (χ3n) is 3.31. The van der Waals surface area contributed by atoms with Crippen molar-refractivity contribution in [3.63, 3.8) is 0 Å². The summed E-state index contributed by atoms with van der Waals surface area (Å²) in [5, 5.41) is 0. The molecule has 0 aromatic heterocycles. The fraction of sp³-hybridized carbons (Fsp3) is 0.400. The zero-order chi connectivity index (χ0) is 13.7. The lowest BCUT2D eigenvalue weighted by Gasteiger charge is -2.33. The summed E-state index contributed by atoms with van der Waals surface area (Å²) in [5.74, 6) is 3.28. The molecule has 1 aliphatic rings. The van der Waals surface area contributed by atoms with Gasteiger partial charge in [-0.15, -0.1) is 6.42 Å². The summed E-state index contributed by atoms with van der Waals surface area (Å²) in [6.07, 6.45) is 5.29. The van der Waals surface area contributed by atoms with Gasteiger partial charge in [-0.2, -0.15) is 0 Å². The molecule has 1 aromatic carbocycles. The van der Waals surface area contributed by atoms with E-state index < -0.39 is 0 Å². The molecule has 1 aromatic rings. The predicted octanol–water partition coefficient (Wildman–Crippen LogP) is 1.09. The molecule has 100 valence electrons. The number of para-hydroxylation sites is 1. The molecule has 19 heavy (non-hydrogen) atoms. The highest BCUT2D eigenvalue weighted by atomic mass is 16.5. The van der Waals surface area contributed by atoms with Gasteiger partial charge >= 0.3 is 0 Å². The third kappa shape index (κ3) is 3.07. The lowest BCUT2D eigenvalue weighted by Crippen LogP contribution is -2.48. The minimum absolute atomic E-state index is 0.0257. The molecule has 0 spiro atoms. The maximum Gasteiger partial charge on any atom is 0.257 e. The Morgan fingerprint density at radius 2 is 2.00 bits per heavy atom. The molecule has 1 aliphatic heterocycles. The summed E-state index contributed by atoms with van der Waals surface area (Å²) in [6.45, 7) is 3.71. The molecule has 1 heterocycles. The van der Waals surface area contributed by atoms with Crippen LogP contribution in [0.2, 0.25) is 0 Å². The summed E-state index contributed by atoms with van der Waals surface area (Å²) in [4.78, 5) is 16.5. The van der Waals surface area contributed by atoms with Crippen LogP contribution in [0, 0.1) is 12.3 Å². The standard InChI is InChI=1S/C15H18N2O2/c1-3-8-16-9-11-17(12-10-16)15(18)13-6-4-5-7-14(13)19-2/h1,4-7H,8-12H2,2H3. The Morgan fingerprint density at radius 3 is 2.63 bits per heavy atom. The lowest BCUT2D eigenvalue weighted by atomic mass is 10.1. The van der Waals surface area contributed by atoms with Crippen molar-refractivity contribution in [3.8, 4) is 18.1 Å². The van der Waals surface area contributed by atoms with Crippen molar-refractivity contribution in [2.75, 3.05) is 39.8 Å². The minimum atomic E-state index is 0.0257. The van der Waals surface area contributed by atoms with Crippen molar-refractivity contribution in [2.45, 2.75) is 0 Å². The van der Waals surface area contributed by atoms with E-state index in [0.29, 0.717) is 30.9 Å². The van der Waals surface area contributed by atoms with Gasteiger partial charge in [-0.25, -0.2) is 0 Å². The first-order valence-corrected chi connectivity index (χ1v) is 6.34.